The number of hydrogen-bond donors (Lipinski definition) is 0. The van der Waals surface area contributed by atoms with E-state index in [1.54, 1.807) is 0 Å². The highest BCUT2D eigenvalue weighted by Crippen LogP contribution is 2.61. The molecular formula is C42H38NOPS. The highest BCUT2D eigenvalue weighted by atomic mass is 32.4. The molecule has 1 aliphatic heterocycles. The Kier molecular flexibility index (Phi) is 7.71. The van der Waals surface area contributed by atoms with Crippen molar-refractivity contribution in [3.8, 4) is 16.9 Å². The molecular weight excluding hydrogens is 598 g/mol. The van der Waals surface area contributed by atoms with Gasteiger partial charge in [0.25, 0.3) is 0 Å². The van der Waals surface area contributed by atoms with Gasteiger partial charge in [0, 0.05) is 33.1 Å². The van der Waals surface area contributed by atoms with Crippen LogP contribution in [-0.2, 0) is 22.6 Å². The van der Waals surface area contributed by atoms with E-state index in [4.69, 9.17) is 16.3 Å². The summed E-state index contributed by atoms with van der Waals surface area (Å²) >= 11 is 6.75. The maximum absolute atomic E-state index is 7.00. The van der Waals surface area contributed by atoms with E-state index in [9.17, 15) is 0 Å². The lowest BCUT2D eigenvalue weighted by Gasteiger charge is -2.41. The second-order valence-corrected chi connectivity index (χ2v) is 16.6. The molecule has 0 amide bonds. The van der Waals surface area contributed by atoms with E-state index in [-0.39, 0.29) is 10.8 Å². The van der Waals surface area contributed by atoms with Crippen LogP contribution < -0.4 is 14.5 Å². The highest BCUT2D eigenvalue weighted by Gasteiger charge is 2.39. The molecule has 0 N–H and O–H groups in total. The third kappa shape index (κ3) is 5.18. The topological polar surface area (TPSA) is 12.5 Å². The summed E-state index contributed by atoms with van der Waals surface area (Å²) in [6.45, 7) is 9.12. The molecule has 46 heavy (non-hydrogen) atoms. The van der Waals surface area contributed by atoms with E-state index in [1.165, 1.54) is 22.3 Å². The predicted octanol–water partition coefficient (Wildman–Crippen LogP) is 11.2. The molecule has 1 unspecified atom stereocenters. The molecule has 0 fully saturated rings. The van der Waals surface area contributed by atoms with Gasteiger partial charge in [-0.25, -0.2) is 0 Å². The lowest BCUT2D eigenvalue weighted by molar-refractivity contribution is 0.618. The number of rotatable bonds is 7. The molecule has 7 rings (SSSR count). The Labute approximate surface area is 278 Å². The van der Waals surface area contributed by atoms with E-state index >= 15 is 0 Å². The van der Waals surface area contributed by atoms with Gasteiger partial charge >= 0.3 is 0 Å². The van der Waals surface area contributed by atoms with Crippen molar-refractivity contribution in [1.29, 1.82) is 0 Å². The standard InChI is InChI=1S/C42H38NOPS/c1-41(2,31-15-7-5-8-16-31)33-23-27-35(28-24-33)43(36-29-25-34(26-30-36)42(3,4)32-17-9-6-10-18-32)45(46)40-22-14-12-20-38(40)37-19-11-13-21-39(37)44-45/h5-30H,1-4H3. The van der Waals surface area contributed by atoms with Crippen LogP contribution in [-0.4, -0.2) is 0 Å². The summed E-state index contributed by atoms with van der Waals surface area (Å²) in [4.78, 5) is 0. The quantitative estimate of drug-likeness (QED) is 0.162. The van der Waals surface area contributed by atoms with Crippen molar-refractivity contribution in [2.24, 2.45) is 0 Å². The van der Waals surface area contributed by atoms with Crippen molar-refractivity contribution in [3.63, 3.8) is 0 Å². The van der Waals surface area contributed by atoms with Gasteiger partial charge in [0.2, 0.25) is 6.42 Å². The maximum atomic E-state index is 7.00. The van der Waals surface area contributed by atoms with E-state index in [2.05, 4.69) is 178 Å². The van der Waals surface area contributed by atoms with E-state index in [1.807, 2.05) is 12.1 Å². The first-order chi connectivity index (χ1) is 22.2. The summed E-state index contributed by atoms with van der Waals surface area (Å²) in [5.74, 6) is 0.832. The summed E-state index contributed by atoms with van der Waals surface area (Å²) in [6, 6.07) is 55.9. The second-order valence-electron chi connectivity index (χ2n) is 13.0. The van der Waals surface area contributed by atoms with Crippen molar-refractivity contribution in [1.82, 2.24) is 0 Å². The summed E-state index contributed by atoms with van der Waals surface area (Å²) in [5.41, 5.74) is 9.00. The van der Waals surface area contributed by atoms with Crippen molar-refractivity contribution >= 4 is 34.9 Å². The Morgan fingerprint density at radius 2 is 0.848 bits per heavy atom. The molecule has 0 bridgehead atoms. The minimum atomic E-state index is -2.85. The fourth-order valence-electron chi connectivity index (χ4n) is 6.58. The molecule has 0 spiro atoms. The van der Waals surface area contributed by atoms with Gasteiger partial charge in [-0.15, -0.1) is 0 Å². The minimum absolute atomic E-state index is 0.150. The molecule has 0 saturated carbocycles. The first kappa shape index (κ1) is 30.2. The molecule has 1 atom stereocenters. The number of nitrogens with zero attached hydrogens (tertiary/aromatic N) is 1. The number of anilines is 2. The van der Waals surface area contributed by atoms with E-state index < -0.39 is 6.42 Å². The van der Waals surface area contributed by atoms with Crippen LogP contribution in [0.2, 0.25) is 0 Å². The average molecular weight is 636 g/mol. The second kappa shape index (κ2) is 11.7. The molecule has 0 radical (unpaired) electrons. The zero-order valence-corrected chi connectivity index (χ0v) is 28.4. The number of fused-ring (bicyclic) bond motifs is 3. The average Bonchev–Trinajstić information content (AvgIpc) is 3.10. The zero-order valence-electron chi connectivity index (χ0n) is 26.7. The van der Waals surface area contributed by atoms with Gasteiger partial charge in [0.1, 0.15) is 5.75 Å². The van der Waals surface area contributed by atoms with Crippen molar-refractivity contribution in [3.05, 3.63) is 180 Å². The summed E-state index contributed by atoms with van der Waals surface area (Å²) in [6.07, 6.45) is -2.85. The van der Waals surface area contributed by atoms with Crippen molar-refractivity contribution < 1.29 is 4.52 Å². The van der Waals surface area contributed by atoms with Gasteiger partial charge < -0.3 is 4.52 Å². The third-order valence-electron chi connectivity index (χ3n) is 9.53. The molecule has 2 nitrogen and oxygen atoms in total. The Balaban J connectivity index is 1.36. The van der Waals surface area contributed by atoms with Crippen LogP contribution in [0.4, 0.5) is 11.4 Å². The minimum Gasteiger partial charge on any atom is -0.444 e. The molecule has 228 valence electrons. The molecule has 0 saturated heterocycles. The summed E-state index contributed by atoms with van der Waals surface area (Å²) in [5, 5.41) is 1.06. The fraction of sp³-hybridized carbons (Fsp3) is 0.143. The predicted molar refractivity (Wildman–Crippen MR) is 199 cm³/mol. The van der Waals surface area contributed by atoms with Gasteiger partial charge in [-0.1, -0.05) is 149 Å². The molecule has 4 heteroatoms. The van der Waals surface area contributed by atoms with Crippen LogP contribution in [0.1, 0.15) is 49.9 Å². The molecule has 0 aliphatic carbocycles. The number of benzene rings is 6. The highest BCUT2D eigenvalue weighted by molar-refractivity contribution is 8.17. The maximum Gasteiger partial charge on any atom is 0.239 e. The van der Waals surface area contributed by atoms with E-state index in [0.29, 0.717) is 0 Å². The zero-order chi connectivity index (χ0) is 31.9. The Hall–Kier alpha value is -4.43. The number of hydrogen-bond acceptors (Lipinski definition) is 2. The summed E-state index contributed by atoms with van der Waals surface area (Å²) < 4.78 is 9.29. The van der Waals surface area contributed by atoms with Crippen LogP contribution in [0.5, 0.6) is 5.75 Å². The normalized spacial score (nSPS) is 15.7. The smallest absolute Gasteiger partial charge is 0.239 e. The molecule has 6 aromatic carbocycles. The molecule has 1 heterocycles. The summed E-state index contributed by atoms with van der Waals surface area (Å²) in [7, 11) is 0. The van der Waals surface area contributed by atoms with Crippen molar-refractivity contribution in [2.45, 2.75) is 38.5 Å². The fourth-order valence-corrected chi connectivity index (χ4v) is 10.3. The molecule has 0 aromatic heterocycles. The van der Waals surface area contributed by atoms with Gasteiger partial charge in [0.05, 0.1) is 0 Å². The van der Waals surface area contributed by atoms with Crippen LogP contribution in [0.3, 0.4) is 0 Å². The first-order valence-electron chi connectivity index (χ1n) is 15.8. The Morgan fingerprint density at radius 1 is 0.457 bits per heavy atom. The lowest BCUT2D eigenvalue weighted by atomic mass is 9.78. The van der Waals surface area contributed by atoms with Crippen LogP contribution in [0.15, 0.2) is 158 Å². The van der Waals surface area contributed by atoms with E-state index in [0.717, 1.165) is 33.6 Å². The first-order valence-corrected chi connectivity index (χ1v) is 18.5. The molecule has 1 aliphatic rings. The Bertz CT molecular complexity index is 1940. The van der Waals surface area contributed by atoms with Gasteiger partial charge in [-0.3, -0.25) is 4.67 Å². The number of para-hydroxylation sites is 1. The molecule has 6 aromatic rings. The van der Waals surface area contributed by atoms with Crippen molar-refractivity contribution in [2.75, 3.05) is 4.67 Å². The lowest BCUT2D eigenvalue weighted by Crippen LogP contribution is -2.29. The van der Waals surface area contributed by atoms with Crippen LogP contribution >= 0.6 is 6.42 Å². The van der Waals surface area contributed by atoms with Gasteiger partial charge in [0.15, 0.2) is 0 Å². The third-order valence-corrected chi connectivity index (χ3v) is 13.3. The monoisotopic (exact) mass is 635 g/mol. The van der Waals surface area contributed by atoms with Gasteiger partial charge in [-0.2, -0.15) is 0 Å². The van der Waals surface area contributed by atoms with Gasteiger partial charge in [-0.05, 0) is 76.0 Å². The van der Waals surface area contributed by atoms with Crippen LogP contribution in [0, 0.1) is 0 Å². The largest absolute Gasteiger partial charge is 0.444 e. The van der Waals surface area contributed by atoms with Crippen LogP contribution in [0.25, 0.3) is 11.1 Å². The SMILES string of the molecule is CC(C)(c1ccccc1)c1ccc(N(c2ccc(C(C)(C)c3ccccc3)cc2)P2(=S)Oc3ccccc3-c3ccccc32)cc1. The Morgan fingerprint density at radius 3 is 1.35 bits per heavy atom.